The van der Waals surface area contributed by atoms with Gasteiger partial charge in [-0.2, -0.15) is 0 Å². The van der Waals surface area contributed by atoms with E-state index in [1.165, 1.54) is 0 Å². The Morgan fingerprint density at radius 1 is 1.17 bits per heavy atom. The van der Waals surface area contributed by atoms with E-state index in [1.807, 2.05) is 30.3 Å². The van der Waals surface area contributed by atoms with Crippen LogP contribution in [0.15, 0.2) is 48.7 Å². The summed E-state index contributed by atoms with van der Waals surface area (Å²) in [5.74, 6) is -0.321. The lowest BCUT2D eigenvalue weighted by atomic mass is 10.1. The molecule has 0 aliphatic carbocycles. The number of H-pyrrole nitrogens is 1. The maximum Gasteiger partial charge on any atom is 0.250 e. The molecule has 1 amide bonds. The van der Waals surface area contributed by atoms with Crippen molar-refractivity contribution in [2.24, 2.45) is 5.73 Å². The molecule has 0 saturated heterocycles. The standard InChI is InChI=1S/C17H13N5OS/c18-16(23)10-8-12(11-5-6-20-17(19)22-11)21-15(10)14-7-9-3-1-2-4-13(9)24-14/h1-8,21H,(H2,18,23)(H2,19,20,22). The highest BCUT2D eigenvalue weighted by atomic mass is 32.1. The molecule has 118 valence electrons. The minimum absolute atomic E-state index is 0.172. The van der Waals surface area contributed by atoms with E-state index in [0.717, 1.165) is 15.0 Å². The van der Waals surface area contributed by atoms with Gasteiger partial charge in [0.25, 0.3) is 5.91 Å². The van der Waals surface area contributed by atoms with Crippen molar-refractivity contribution in [1.29, 1.82) is 0 Å². The monoisotopic (exact) mass is 335 g/mol. The van der Waals surface area contributed by atoms with Crippen LogP contribution < -0.4 is 11.5 Å². The van der Waals surface area contributed by atoms with Gasteiger partial charge in [0.2, 0.25) is 5.95 Å². The predicted octanol–water partition coefficient (Wildman–Crippen LogP) is 3.03. The van der Waals surface area contributed by atoms with Gasteiger partial charge in [-0.1, -0.05) is 18.2 Å². The number of carbonyl (C=O) groups excluding carboxylic acids is 1. The van der Waals surface area contributed by atoms with Crippen molar-refractivity contribution in [3.8, 4) is 22.0 Å². The molecular weight excluding hydrogens is 322 g/mol. The normalized spacial score (nSPS) is 11.0. The van der Waals surface area contributed by atoms with E-state index in [4.69, 9.17) is 11.5 Å². The summed E-state index contributed by atoms with van der Waals surface area (Å²) in [5, 5.41) is 1.12. The first kappa shape index (κ1) is 14.4. The van der Waals surface area contributed by atoms with Crippen LogP contribution >= 0.6 is 11.3 Å². The summed E-state index contributed by atoms with van der Waals surface area (Å²) in [6.45, 7) is 0. The Kier molecular flexibility index (Phi) is 3.28. The third-order valence-electron chi connectivity index (χ3n) is 3.71. The van der Waals surface area contributed by atoms with E-state index in [-0.39, 0.29) is 5.95 Å². The van der Waals surface area contributed by atoms with Gasteiger partial charge in [-0.25, -0.2) is 9.97 Å². The summed E-state index contributed by atoms with van der Waals surface area (Å²) >= 11 is 1.60. The number of aromatic nitrogens is 3. The lowest BCUT2D eigenvalue weighted by molar-refractivity contribution is 0.100. The summed E-state index contributed by atoms with van der Waals surface area (Å²) in [7, 11) is 0. The fourth-order valence-electron chi connectivity index (χ4n) is 2.61. The lowest BCUT2D eigenvalue weighted by Crippen LogP contribution is -2.10. The zero-order chi connectivity index (χ0) is 16.7. The van der Waals surface area contributed by atoms with Crippen LogP contribution in [0.2, 0.25) is 0 Å². The first-order chi connectivity index (χ1) is 11.6. The fourth-order valence-corrected chi connectivity index (χ4v) is 3.69. The molecule has 0 bridgehead atoms. The Morgan fingerprint density at radius 3 is 2.75 bits per heavy atom. The number of fused-ring (bicyclic) bond motifs is 1. The summed E-state index contributed by atoms with van der Waals surface area (Å²) in [5.41, 5.74) is 13.6. The van der Waals surface area contributed by atoms with Gasteiger partial charge in [0, 0.05) is 10.9 Å². The quantitative estimate of drug-likeness (QED) is 0.534. The molecule has 3 heterocycles. The molecule has 4 aromatic rings. The molecule has 0 aliphatic heterocycles. The number of nitrogens with zero attached hydrogens (tertiary/aromatic N) is 2. The molecule has 0 aliphatic rings. The SMILES string of the molecule is NC(=O)c1cc(-c2ccnc(N)n2)[nH]c1-c1cc2ccccc2s1. The van der Waals surface area contributed by atoms with Gasteiger partial charge in [0.1, 0.15) is 0 Å². The Morgan fingerprint density at radius 2 is 2.00 bits per heavy atom. The van der Waals surface area contributed by atoms with Crippen LogP contribution in [0.25, 0.3) is 32.0 Å². The Labute approximate surface area is 141 Å². The number of primary amides is 1. The summed E-state index contributed by atoms with van der Waals surface area (Å²) in [6.07, 6.45) is 1.57. The second kappa shape index (κ2) is 5.47. The van der Waals surface area contributed by atoms with E-state index in [1.54, 1.807) is 29.7 Å². The van der Waals surface area contributed by atoms with Gasteiger partial charge in [0.05, 0.1) is 27.5 Å². The van der Waals surface area contributed by atoms with Crippen LogP contribution in [0.1, 0.15) is 10.4 Å². The number of aromatic amines is 1. The predicted molar refractivity (Wildman–Crippen MR) is 95.6 cm³/mol. The number of benzene rings is 1. The van der Waals surface area contributed by atoms with Gasteiger partial charge in [0.15, 0.2) is 0 Å². The summed E-state index contributed by atoms with van der Waals surface area (Å²) < 4.78 is 1.14. The number of carbonyl (C=O) groups is 1. The number of anilines is 1. The molecule has 0 atom stereocenters. The minimum atomic E-state index is -0.494. The summed E-state index contributed by atoms with van der Waals surface area (Å²) in [4.78, 5) is 24.1. The molecule has 7 heteroatoms. The number of rotatable bonds is 3. The number of nitrogens with one attached hydrogen (secondary N) is 1. The van der Waals surface area contributed by atoms with E-state index in [2.05, 4.69) is 15.0 Å². The van der Waals surface area contributed by atoms with E-state index in [9.17, 15) is 4.79 Å². The maximum atomic E-state index is 11.9. The topological polar surface area (TPSA) is 111 Å². The zero-order valence-electron chi connectivity index (χ0n) is 12.5. The van der Waals surface area contributed by atoms with Crippen LogP contribution in [0.3, 0.4) is 0 Å². The second-order valence-corrected chi connectivity index (χ2v) is 6.37. The first-order valence-electron chi connectivity index (χ1n) is 7.22. The van der Waals surface area contributed by atoms with Crippen molar-refractivity contribution < 1.29 is 4.79 Å². The number of hydrogen-bond acceptors (Lipinski definition) is 5. The van der Waals surface area contributed by atoms with Crippen LogP contribution in [0.4, 0.5) is 5.95 Å². The third-order valence-corrected chi connectivity index (χ3v) is 4.84. The minimum Gasteiger partial charge on any atom is -0.368 e. The van der Waals surface area contributed by atoms with Crippen molar-refractivity contribution in [1.82, 2.24) is 15.0 Å². The second-order valence-electron chi connectivity index (χ2n) is 5.28. The molecule has 0 saturated carbocycles. The van der Waals surface area contributed by atoms with Crippen LogP contribution in [-0.2, 0) is 0 Å². The van der Waals surface area contributed by atoms with E-state index in [0.29, 0.717) is 22.6 Å². The average molecular weight is 335 g/mol. The van der Waals surface area contributed by atoms with Crippen molar-refractivity contribution in [3.05, 3.63) is 54.2 Å². The Hall–Kier alpha value is -3.19. The number of hydrogen-bond donors (Lipinski definition) is 3. The zero-order valence-corrected chi connectivity index (χ0v) is 13.3. The maximum absolute atomic E-state index is 11.9. The number of amides is 1. The van der Waals surface area contributed by atoms with Gasteiger partial charge in [-0.15, -0.1) is 11.3 Å². The van der Waals surface area contributed by atoms with Crippen molar-refractivity contribution in [2.75, 3.05) is 5.73 Å². The van der Waals surface area contributed by atoms with Crippen molar-refractivity contribution >= 4 is 33.3 Å². The molecule has 3 aromatic heterocycles. The molecule has 5 N–H and O–H groups in total. The number of nitrogen functional groups attached to an aromatic ring is 1. The number of thiophene rings is 1. The summed E-state index contributed by atoms with van der Waals surface area (Å²) in [6, 6.07) is 13.5. The first-order valence-corrected chi connectivity index (χ1v) is 8.04. The molecule has 4 rings (SSSR count). The molecule has 0 unspecified atom stereocenters. The smallest absolute Gasteiger partial charge is 0.250 e. The van der Waals surface area contributed by atoms with Crippen molar-refractivity contribution in [3.63, 3.8) is 0 Å². The highest BCUT2D eigenvalue weighted by molar-refractivity contribution is 7.22. The highest BCUT2D eigenvalue weighted by Crippen LogP contribution is 2.36. The van der Waals surface area contributed by atoms with E-state index >= 15 is 0 Å². The largest absolute Gasteiger partial charge is 0.368 e. The molecule has 0 spiro atoms. The lowest BCUT2D eigenvalue weighted by Gasteiger charge is -1.98. The Balaban J connectivity index is 1.89. The Bertz CT molecular complexity index is 1030. The van der Waals surface area contributed by atoms with Crippen LogP contribution in [-0.4, -0.2) is 20.9 Å². The van der Waals surface area contributed by atoms with Gasteiger partial charge in [-0.3, -0.25) is 4.79 Å². The number of nitrogens with two attached hydrogens (primary N) is 2. The molecular formula is C17H13N5OS. The van der Waals surface area contributed by atoms with Crippen molar-refractivity contribution in [2.45, 2.75) is 0 Å². The third kappa shape index (κ3) is 2.40. The van der Waals surface area contributed by atoms with Gasteiger partial charge in [-0.05, 0) is 29.7 Å². The molecule has 0 fully saturated rings. The van der Waals surface area contributed by atoms with Crippen LogP contribution in [0, 0.1) is 0 Å². The van der Waals surface area contributed by atoms with E-state index < -0.39 is 5.91 Å². The fraction of sp³-hybridized carbons (Fsp3) is 0. The molecule has 24 heavy (non-hydrogen) atoms. The van der Waals surface area contributed by atoms with Crippen LogP contribution in [0.5, 0.6) is 0 Å². The molecule has 1 aromatic carbocycles. The molecule has 6 nitrogen and oxygen atoms in total. The van der Waals surface area contributed by atoms with Gasteiger partial charge < -0.3 is 16.5 Å². The molecule has 0 radical (unpaired) electrons. The highest BCUT2D eigenvalue weighted by Gasteiger charge is 2.18. The average Bonchev–Trinajstić information content (AvgIpc) is 3.19. The van der Waals surface area contributed by atoms with Gasteiger partial charge >= 0.3 is 0 Å².